The molecule has 0 atom stereocenters. The van der Waals surface area contributed by atoms with Crippen molar-refractivity contribution in [3.05, 3.63) is 36.0 Å². The molecule has 4 nitrogen and oxygen atoms in total. The van der Waals surface area contributed by atoms with Gasteiger partial charge in [0.25, 0.3) is 0 Å². The summed E-state index contributed by atoms with van der Waals surface area (Å²) in [6, 6.07) is 7.93. The monoisotopic (exact) mass is 258 g/mol. The molecule has 0 spiro atoms. The number of pyridine rings is 1. The van der Waals surface area contributed by atoms with Crippen molar-refractivity contribution < 1.29 is 9.53 Å². The van der Waals surface area contributed by atoms with Crippen LogP contribution in [0.5, 0.6) is 0 Å². The van der Waals surface area contributed by atoms with E-state index in [1.807, 2.05) is 45.9 Å². The van der Waals surface area contributed by atoms with E-state index in [9.17, 15) is 4.79 Å². The molecule has 2 rings (SSSR count). The minimum Gasteiger partial charge on any atom is -0.444 e. The molecule has 0 bridgehead atoms. The second kappa shape index (κ2) is 4.88. The van der Waals surface area contributed by atoms with Crippen LogP contribution < -0.4 is 5.32 Å². The molecule has 1 amide bonds. The van der Waals surface area contributed by atoms with Gasteiger partial charge < -0.3 is 4.74 Å². The number of rotatable bonds is 1. The standard InChI is InChI=1S/C15H18N2O2/c1-10-5-6-11-9-16-13(8-12(11)7-10)17-14(18)19-15(2,3)4/h5-9H,1-4H3,(H,16,17,18). The molecule has 100 valence electrons. The number of hydrogen-bond donors (Lipinski definition) is 1. The molecule has 2 aromatic rings. The highest BCUT2D eigenvalue weighted by atomic mass is 16.6. The predicted molar refractivity (Wildman–Crippen MR) is 76.3 cm³/mol. The van der Waals surface area contributed by atoms with Gasteiger partial charge in [-0.05, 0) is 39.1 Å². The van der Waals surface area contributed by atoms with E-state index in [1.165, 1.54) is 5.56 Å². The Morgan fingerprint density at radius 3 is 2.63 bits per heavy atom. The molecule has 1 aromatic carbocycles. The SMILES string of the molecule is Cc1ccc2cnc(NC(=O)OC(C)(C)C)cc2c1. The third-order valence-electron chi connectivity index (χ3n) is 2.51. The highest BCUT2D eigenvalue weighted by molar-refractivity contribution is 5.89. The van der Waals surface area contributed by atoms with Crippen molar-refractivity contribution >= 4 is 22.7 Å². The fourth-order valence-electron chi connectivity index (χ4n) is 1.74. The molecule has 4 heteroatoms. The zero-order valence-corrected chi connectivity index (χ0v) is 11.7. The Balaban J connectivity index is 2.19. The van der Waals surface area contributed by atoms with Gasteiger partial charge in [-0.25, -0.2) is 9.78 Å². The fourth-order valence-corrected chi connectivity index (χ4v) is 1.74. The zero-order valence-electron chi connectivity index (χ0n) is 11.7. The number of anilines is 1. The lowest BCUT2D eigenvalue weighted by Crippen LogP contribution is -2.27. The number of ether oxygens (including phenoxy) is 1. The van der Waals surface area contributed by atoms with Gasteiger partial charge in [0.15, 0.2) is 0 Å². The highest BCUT2D eigenvalue weighted by Crippen LogP contribution is 2.18. The lowest BCUT2D eigenvalue weighted by Gasteiger charge is -2.19. The first-order chi connectivity index (χ1) is 8.83. The molecule has 0 unspecified atom stereocenters. The largest absolute Gasteiger partial charge is 0.444 e. The van der Waals surface area contributed by atoms with E-state index in [1.54, 1.807) is 6.20 Å². The first-order valence-electron chi connectivity index (χ1n) is 6.20. The van der Waals surface area contributed by atoms with Crippen LogP contribution in [-0.4, -0.2) is 16.7 Å². The molecule has 1 heterocycles. The van der Waals surface area contributed by atoms with E-state index in [2.05, 4.69) is 16.4 Å². The van der Waals surface area contributed by atoms with Gasteiger partial charge in [0.05, 0.1) is 0 Å². The third kappa shape index (κ3) is 3.68. The van der Waals surface area contributed by atoms with Crippen molar-refractivity contribution in [2.45, 2.75) is 33.3 Å². The number of benzene rings is 1. The van der Waals surface area contributed by atoms with E-state index >= 15 is 0 Å². The summed E-state index contributed by atoms with van der Waals surface area (Å²) in [6.07, 6.45) is 1.24. The average Bonchev–Trinajstić information content (AvgIpc) is 2.25. The molecule has 0 aliphatic heterocycles. The quantitative estimate of drug-likeness (QED) is 0.844. The Kier molecular flexibility index (Phi) is 3.42. The lowest BCUT2D eigenvalue weighted by atomic mass is 10.1. The van der Waals surface area contributed by atoms with Crippen molar-refractivity contribution in [1.29, 1.82) is 0 Å². The van der Waals surface area contributed by atoms with Gasteiger partial charge in [-0.1, -0.05) is 23.8 Å². The Bertz CT molecular complexity index is 615. The van der Waals surface area contributed by atoms with Crippen LogP contribution in [0.25, 0.3) is 10.8 Å². The van der Waals surface area contributed by atoms with Crippen LogP contribution in [0.15, 0.2) is 30.5 Å². The second-order valence-corrected chi connectivity index (χ2v) is 5.55. The number of nitrogens with one attached hydrogen (secondary N) is 1. The summed E-state index contributed by atoms with van der Waals surface area (Å²) in [6.45, 7) is 7.50. The van der Waals surface area contributed by atoms with E-state index in [0.717, 1.165) is 10.8 Å². The Labute approximate surface area is 112 Å². The van der Waals surface area contributed by atoms with Gasteiger partial charge in [0.2, 0.25) is 0 Å². The van der Waals surface area contributed by atoms with E-state index in [-0.39, 0.29) is 0 Å². The number of aryl methyl sites for hydroxylation is 1. The van der Waals surface area contributed by atoms with E-state index < -0.39 is 11.7 Å². The first-order valence-corrected chi connectivity index (χ1v) is 6.20. The summed E-state index contributed by atoms with van der Waals surface area (Å²) in [7, 11) is 0. The van der Waals surface area contributed by atoms with Crippen molar-refractivity contribution in [3.63, 3.8) is 0 Å². The number of amides is 1. The molecule has 0 aliphatic rings. The average molecular weight is 258 g/mol. The smallest absolute Gasteiger partial charge is 0.413 e. The maximum Gasteiger partial charge on any atom is 0.413 e. The number of fused-ring (bicyclic) bond motifs is 1. The fraction of sp³-hybridized carbons (Fsp3) is 0.333. The molecule has 0 saturated heterocycles. The minimum atomic E-state index is -0.516. The molecule has 0 fully saturated rings. The van der Waals surface area contributed by atoms with Crippen LogP contribution in [0, 0.1) is 6.92 Å². The van der Waals surface area contributed by atoms with Crippen molar-refractivity contribution in [3.8, 4) is 0 Å². The van der Waals surface area contributed by atoms with Gasteiger partial charge in [0, 0.05) is 11.6 Å². The second-order valence-electron chi connectivity index (χ2n) is 5.55. The van der Waals surface area contributed by atoms with Gasteiger partial charge in [0.1, 0.15) is 11.4 Å². The normalized spacial score (nSPS) is 11.4. The number of aromatic nitrogens is 1. The molecule has 1 N–H and O–H groups in total. The summed E-state index contributed by atoms with van der Waals surface area (Å²) >= 11 is 0. The van der Waals surface area contributed by atoms with Crippen molar-refractivity contribution in [1.82, 2.24) is 4.98 Å². The summed E-state index contributed by atoms with van der Waals surface area (Å²) in [4.78, 5) is 15.9. The summed E-state index contributed by atoms with van der Waals surface area (Å²) in [5.74, 6) is 0.493. The summed E-state index contributed by atoms with van der Waals surface area (Å²) < 4.78 is 5.19. The molecule has 0 radical (unpaired) electrons. The van der Waals surface area contributed by atoms with Crippen LogP contribution in [0.2, 0.25) is 0 Å². The van der Waals surface area contributed by atoms with Crippen molar-refractivity contribution in [2.75, 3.05) is 5.32 Å². The molecule has 1 aromatic heterocycles. The molecule has 0 saturated carbocycles. The Morgan fingerprint density at radius 1 is 1.21 bits per heavy atom. The minimum absolute atomic E-state index is 0.493. The molecular formula is C15H18N2O2. The van der Waals surface area contributed by atoms with Crippen molar-refractivity contribution in [2.24, 2.45) is 0 Å². The molecular weight excluding hydrogens is 240 g/mol. The Hall–Kier alpha value is -2.10. The number of carbonyl (C=O) groups is 1. The van der Waals surface area contributed by atoms with Crippen LogP contribution in [0.3, 0.4) is 0 Å². The van der Waals surface area contributed by atoms with Crippen LogP contribution in [0.4, 0.5) is 10.6 Å². The third-order valence-corrected chi connectivity index (χ3v) is 2.51. The predicted octanol–water partition coefficient (Wildman–Crippen LogP) is 3.89. The van der Waals surface area contributed by atoms with Crippen LogP contribution in [0.1, 0.15) is 26.3 Å². The van der Waals surface area contributed by atoms with Gasteiger partial charge in [-0.2, -0.15) is 0 Å². The lowest BCUT2D eigenvalue weighted by molar-refractivity contribution is 0.0635. The zero-order chi connectivity index (χ0) is 14.0. The molecule has 0 aliphatic carbocycles. The van der Waals surface area contributed by atoms with Gasteiger partial charge >= 0.3 is 6.09 Å². The van der Waals surface area contributed by atoms with E-state index in [4.69, 9.17) is 4.74 Å². The highest BCUT2D eigenvalue weighted by Gasteiger charge is 2.16. The topological polar surface area (TPSA) is 51.2 Å². The number of carbonyl (C=O) groups excluding carboxylic acids is 1. The van der Waals surface area contributed by atoms with Gasteiger partial charge in [-0.15, -0.1) is 0 Å². The maximum atomic E-state index is 11.7. The molecule has 19 heavy (non-hydrogen) atoms. The Morgan fingerprint density at radius 2 is 1.95 bits per heavy atom. The number of nitrogens with zero attached hydrogens (tertiary/aromatic N) is 1. The number of hydrogen-bond acceptors (Lipinski definition) is 3. The summed E-state index contributed by atoms with van der Waals surface area (Å²) in [5, 5.41) is 4.72. The summed E-state index contributed by atoms with van der Waals surface area (Å²) in [5.41, 5.74) is 0.652. The van der Waals surface area contributed by atoms with Gasteiger partial charge in [-0.3, -0.25) is 5.32 Å². The van der Waals surface area contributed by atoms with E-state index in [0.29, 0.717) is 5.82 Å². The van der Waals surface area contributed by atoms with Crippen LogP contribution in [-0.2, 0) is 4.74 Å². The van der Waals surface area contributed by atoms with Crippen LogP contribution >= 0.6 is 0 Å². The maximum absolute atomic E-state index is 11.7. The first kappa shape index (κ1) is 13.3.